The summed E-state index contributed by atoms with van der Waals surface area (Å²) in [4.78, 5) is 0. The van der Waals surface area contributed by atoms with Crippen molar-refractivity contribution in [1.82, 2.24) is 0 Å². The van der Waals surface area contributed by atoms with Crippen LogP contribution in [-0.4, -0.2) is 13.2 Å². The van der Waals surface area contributed by atoms with Crippen LogP contribution in [0.3, 0.4) is 0 Å². The van der Waals surface area contributed by atoms with Crippen LogP contribution >= 0.6 is 7.26 Å². The SMILES string of the molecule is CC=C1COCC1=CC(C#Cc1ccc(-c2ccc(/C=C/C)cc2)cc1)=C([C]#[Os])[P+](c1ccccc1)(c1ccccc1)c1ccccc1. The van der Waals surface area contributed by atoms with E-state index in [1.54, 1.807) is 17.9 Å². The van der Waals surface area contributed by atoms with Gasteiger partial charge in [-0.15, -0.1) is 0 Å². The topological polar surface area (TPSA) is 9.23 Å². The molecule has 1 aliphatic rings. The summed E-state index contributed by atoms with van der Waals surface area (Å²) in [7, 11) is -2.42. The molecule has 48 heavy (non-hydrogen) atoms. The van der Waals surface area contributed by atoms with Crippen LogP contribution in [0, 0.1) is 16.2 Å². The van der Waals surface area contributed by atoms with Crippen molar-refractivity contribution >= 4 is 29.3 Å². The van der Waals surface area contributed by atoms with Gasteiger partial charge in [0.25, 0.3) is 0 Å². The summed E-state index contributed by atoms with van der Waals surface area (Å²) in [5.74, 6) is 7.24. The summed E-state index contributed by atoms with van der Waals surface area (Å²) < 4.78 is 9.70. The third-order valence-electron chi connectivity index (χ3n) is 8.53. The Morgan fingerprint density at radius 2 is 1.15 bits per heavy atom. The third kappa shape index (κ3) is 7.13. The zero-order chi connectivity index (χ0) is 33.2. The van der Waals surface area contributed by atoms with E-state index in [1.165, 1.54) is 43.8 Å². The van der Waals surface area contributed by atoms with Crippen LogP contribution in [-0.2, 0) is 22.7 Å². The fourth-order valence-corrected chi connectivity index (χ4v) is 11.9. The zero-order valence-corrected chi connectivity index (χ0v) is 30.6. The fraction of sp³-hybridized carbons (Fsp3) is 0.0889. The van der Waals surface area contributed by atoms with Gasteiger partial charge in [-0.3, -0.25) is 0 Å². The first-order valence-corrected chi connectivity index (χ1v) is 19.2. The molecule has 0 aliphatic carbocycles. The van der Waals surface area contributed by atoms with Crippen molar-refractivity contribution in [2.45, 2.75) is 13.8 Å². The van der Waals surface area contributed by atoms with Crippen LogP contribution in [0.2, 0.25) is 0 Å². The van der Waals surface area contributed by atoms with Gasteiger partial charge in [0.1, 0.15) is 0 Å². The second kappa shape index (κ2) is 16.0. The Morgan fingerprint density at radius 3 is 1.62 bits per heavy atom. The Bertz CT molecular complexity index is 1990. The number of rotatable bonds is 7. The molecule has 0 spiro atoms. The first kappa shape index (κ1) is 33.3. The van der Waals surface area contributed by atoms with Crippen LogP contribution in [0.1, 0.15) is 25.0 Å². The number of hydrogen-bond acceptors (Lipinski definition) is 1. The average molecular weight is 815 g/mol. The van der Waals surface area contributed by atoms with Gasteiger partial charge in [0.2, 0.25) is 0 Å². The van der Waals surface area contributed by atoms with Crippen molar-refractivity contribution in [3.05, 3.63) is 191 Å². The molecule has 0 atom stereocenters. The molecular formula is C45H37OOsP+. The minimum absolute atomic E-state index is 0.569. The Morgan fingerprint density at radius 1 is 0.646 bits per heavy atom. The van der Waals surface area contributed by atoms with Crippen molar-refractivity contribution < 1.29 is 22.7 Å². The molecule has 6 rings (SSSR count). The van der Waals surface area contributed by atoms with E-state index in [2.05, 4.69) is 187 Å². The van der Waals surface area contributed by atoms with E-state index >= 15 is 0 Å². The Labute approximate surface area is 295 Å². The van der Waals surface area contributed by atoms with Crippen molar-refractivity contribution in [2.75, 3.05) is 13.2 Å². The second-order valence-corrected chi connectivity index (χ2v) is 15.4. The summed E-state index contributed by atoms with van der Waals surface area (Å²) in [6, 6.07) is 50.0. The van der Waals surface area contributed by atoms with E-state index in [9.17, 15) is 0 Å². The van der Waals surface area contributed by atoms with Crippen LogP contribution in [0.5, 0.6) is 0 Å². The van der Waals surface area contributed by atoms with Crippen molar-refractivity contribution in [2.24, 2.45) is 0 Å². The summed E-state index contributed by atoms with van der Waals surface area (Å²) in [5, 5.41) is 4.94. The van der Waals surface area contributed by atoms with Gasteiger partial charge in [-0.1, -0.05) is 12.2 Å². The molecule has 1 fully saturated rings. The van der Waals surface area contributed by atoms with Gasteiger partial charge in [0, 0.05) is 0 Å². The number of hydrogen-bond donors (Lipinski definition) is 0. The van der Waals surface area contributed by atoms with Gasteiger partial charge < -0.3 is 0 Å². The number of ether oxygens (including phenoxy) is 1. The molecule has 0 aromatic heterocycles. The molecule has 1 aliphatic heterocycles. The molecule has 5 aromatic rings. The molecule has 1 saturated heterocycles. The normalized spacial score (nSPS) is 15.2. The Hall–Kier alpha value is -4.57. The molecule has 0 bridgehead atoms. The molecule has 0 saturated carbocycles. The van der Waals surface area contributed by atoms with E-state index in [4.69, 9.17) is 4.74 Å². The number of benzene rings is 5. The van der Waals surface area contributed by atoms with Gasteiger partial charge in [-0.2, -0.15) is 0 Å². The Balaban J connectivity index is 1.57. The summed E-state index contributed by atoms with van der Waals surface area (Å²) >= 11 is 1.78. The third-order valence-corrected chi connectivity index (χ3v) is 13.9. The first-order valence-electron chi connectivity index (χ1n) is 16.1. The van der Waals surface area contributed by atoms with Crippen LogP contribution in [0.4, 0.5) is 0 Å². The maximum atomic E-state index is 5.93. The molecule has 5 aromatic carbocycles. The molecule has 1 nitrogen and oxygen atoms in total. The molecule has 0 radical (unpaired) electrons. The van der Waals surface area contributed by atoms with Gasteiger partial charge in [0.15, 0.2) is 0 Å². The second-order valence-electron chi connectivity index (χ2n) is 11.5. The summed E-state index contributed by atoms with van der Waals surface area (Å²) in [6.45, 7) is 5.31. The zero-order valence-electron chi connectivity index (χ0n) is 27.2. The van der Waals surface area contributed by atoms with Gasteiger partial charge in [-0.05, 0) is 12.5 Å². The van der Waals surface area contributed by atoms with Crippen molar-refractivity contribution in [1.29, 1.82) is 0 Å². The van der Waals surface area contributed by atoms with Gasteiger partial charge >= 0.3 is 273 Å². The molecule has 0 unspecified atom stereocenters. The van der Waals surface area contributed by atoms with E-state index in [-0.39, 0.29) is 0 Å². The van der Waals surface area contributed by atoms with Gasteiger partial charge in [-0.25, -0.2) is 0 Å². The van der Waals surface area contributed by atoms with E-state index < -0.39 is 7.26 Å². The van der Waals surface area contributed by atoms with E-state index in [1.807, 2.05) is 6.92 Å². The quantitative estimate of drug-likeness (QED) is 0.118. The summed E-state index contributed by atoms with van der Waals surface area (Å²) in [6.07, 6.45) is 8.59. The first-order chi connectivity index (χ1) is 23.7. The van der Waals surface area contributed by atoms with E-state index in [0.29, 0.717) is 13.2 Å². The predicted molar refractivity (Wildman–Crippen MR) is 202 cm³/mol. The van der Waals surface area contributed by atoms with Crippen molar-refractivity contribution in [3.8, 4) is 27.3 Å². The van der Waals surface area contributed by atoms with E-state index in [0.717, 1.165) is 16.5 Å². The van der Waals surface area contributed by atoms with Crippen LogP contribution < -0.4 is 15.9 Å². The fourth-order valence-electron chi connectivity index (χ4n) is 6.14. The monoisotopic (exact) mass is 816 g/mol. The predicted octanol–water partition coefficient (Wildman–Crippen LogP) is 9.40. The maximum absolute atomic E-state index is 5.93. The molecular weight excluding hydrogens is 778 g/mol. The molecule has 3 heteroatoms. The number of allylic oxidation sites excluding steroid dienone is 5. The molecule has 235 valence electrons. The van der Waals surface area contributed by atoms with Crippen LogP contribution in [0.15, 0.2) is 180 Å². The minimum atomic E-state index is -2.42. The van der Waals surface area contributed by atoms with Gasteiger partial charge in [0.05, 0.1) is 0 Å². The molecule has 0 amide bonds. The summed E-state index contributed by atoms with van der Waals surface area (Å²) in [5.41, 5.74) is 7.88. The molecule has 0 N–H and O–H groups in total. The average Bonchev–Trinajstić information content (AvgIpc) is 3.61. The van der Waals surface area contributed by atoms with Crippen LogP contribution in [0.25, 0.3) is 17.2 Å². The standard InChI is InChI=1S/C45H37OP.Os/c1-4-15-36-22-27-39(28-23-36)40-29-24-37(25-30-40)26-31-41(32-42-34-46-33-38(42)5-2)35(3)47(43-16-9-6-10-17-43,44-18-11-7-12-19-44)45-20-13-8-14-21-45;/h4-25,27-30,32H,33-34H2,1-2H3;/q+1;/b15-4+,38-5?,41-35?,42-32?;. The van der Waals surface area contributed by atoms with Crippen molar-refractivity contribution in [3.63, 3.8) is 0 Å². The molecule has 1 heterocycles. The Kier molecular flexibility index (Phi) is 11.1.